The van der Waals surface area contributed by atoms with Gasteiger partial charge in [-0.25, -0.2) is 9.67 Å². The van der Waals surface area contributed by atoms with E-state index in [1.807, 2.05) is 24.3 Å². The van der Waals surface area contributed by atoms with Crippen molar-refractivity contribution in [1.82, 2.24) is 20.1 Å². The highest BCUT2D eigenvalue weighted by Gasteiger charge is 2.34. The van der Waals surface area contributed by atoms with E-state index in [2.05, 4.69) is 15.4 Å². The Kier molecular flexibility index (Phi) is 6.48. The number of carbonyl (C=O) groups excluding carboxylic acids is 1. The average molecular weight is 474 g/mol. The first kappa shape index (κ1) is 23.2. The summed E-state index contributed by atoms with van der Waals surface area (Å²) in [5, 5.41) is 18.3. The number of nitro benzene ring substituents is 1. The van der Waals surface area contributed by atoms with Crippen LogP contribution >= 0.6 is 0 Å². The number of alkyl halides is 3. The first-order chi connectivity index (χ1) is 16.2. The van der Waals surface area contributed by atoms with Crippen LogP contribution in [0.1, 0.15) is 24.0 Å². The van der Waals surface area contributed by atoms with E-state index >= 15 is 0 Å². The molecule has 9 nitrogen and oxygen atoms in total. The van der Waals surface area contributed by atoms with E-state index in [4.69, 9.17) is 0 Å². The fraction of sp³-hybridized carbons (Fsp3) is 0.318. The molecule has 0 radical (unpaired) electrons. The Balaban J connectivity index is 1.33. The summed E-state index contributed by atoms with van der Waals surface area (Å²) in [7, 11) is 0. The summed E-state index contributed by atoms with van der Waals surface area (Å²) in [5.41, 5.74) is 0.232. The van der Waals surface area contributed by atoms with E-state index < -0.39 is 22.4 Å². The number of benzene rings is 2. The summed E-state index contributed by atoms with van der Waals surface area (Å²) in [6.45, 7) is 1.01. The summed E-state index contributed by atoms with van der Waals surface area (Å²) in [5.74, 6) is -0.402. The smallest absolute Gasteiger partial charge is 0.366 e. The lowest BCUT2D eigenvalue weighted by Gasteiger charge is -2.32. The average Bonchev–Trinajstić information content (AvgIpc) is 3.37. The van der Waals surface area contributed by atoms with Gasteiger partial charge in [-0.2, -0.15) is 18.3 Å². The highest BCUT2D eigenvalue weighted by atomic mass is 19.4. The Morgan fingerprint density at radius 3 is 2.44 bits per heavy atom. The van der Waals surface area contributed by atoms with Crippen molar-refractivity contribution < 1.29 is 22.9 Å². The zero-order valence-corrected chi connectivity index (χ0v) is 17.9. The van der Waals surface area contributed by atoms with Crippen LogP contribution in [0.3, 0.4) is 0 Å². The van der Waals surface area contributed by atoms with Gasteiger partial charge in [-0.15, -0.1) is 0 Å². The van der Waals surface area contributed by atoms with Crippen molar-refractivity contribution in [3.8, 4) is 5.69 Å². The SMILES string of the molecule is O=C(NCc1ccc(-n2cncn2)cc1)C1CCN(c2ccc(C(F)(F)F)cc2[N+](=O)[O-])CC1. The van der Waals surface area contributed by atoms with E-state index in [0.29, 0.717) is 38.5 Å². The first-order valence-corrected chi connectivity index (χ1v) is 10.5. The van der Waals surface area contributed by atoms with Crippen molar-refractivity contribution in [1.29, 1.82) is 0 Å². The standard InChI is InChI=1S/C22H21F3N6O3/c23-22(24,25)17-3-6-19(20(11-17)31(33)34)29-9-7-16(8-10-29)21(32)27-12-15-1-4-18(5-2-15)30-14-26-13-28-30/h1-6,11,13-14,16H,7-10,12H2,(H,27,32). The normalized spacial score (nSPS) is 14.7. The van der Waals surface area contributed by atoms with Crippen LogP contribution in [0.25, 0.3) is 5.69 Å². The van der Waals surface area contributed by atoms with Gasteiger partial charge in [0.15, 0.2) is 0 Å². The number of aromatic nitrogens is 3. The summed E-state index contributed by atoms with van der Waals surface area (Å²) in [6, 6.07) is 10.0. The summed E-state index contributed by atoms with van der Waals surface area (Å²) in [6.07, 6.45) is -0.757. The second kappa shape index (κ2) is 9.49. The van der Waals surface area contributed by atoms with Crippen LogP contribution in [0.15, 0.2) is 55.1 Å². The monoisotopic (exact) mass is 474 g/mol. The molecular formula is C22H21F3N6O3. The van der Waals surface area contributed by atoms with Gasteiger partial charge in [-0.1, -0.05) is 12.1 Å². The molecule has 3 aromatic rings. The van der Waals surface area contributed by atoms with Crippen LogP contribution in [0.5, 0.6) is 0 Å². The third kappa shape index (κ3) is 5.16. The van der Waals surface area contributed by atoms with Crippen molar-refractivity contribution in [3.05, 3.63) is 76.4 Å². The number of nitrogens with one attached hydrogen (secondary N) is 1. The number of piperidine rings is 1. The Morgan fingerprint density at radius 1 is 1.15 bits per heavy atom. The van der Waals surface area contributed by atoms with Gasteiger partial charge in [0.05, 0.1) is 16.2 Å². The maximum Gasteiger partial charge on any atom is 0.416 e. The summed E-state index contributed by atoms with van der Waals surface area (Å²) < 4.78 is 40.4. The van der Waals surface area contributed by atoms with Gasteiger partial charge in [0.2, 0.25) is 5.91 Å². The molecule has 34 heavy (non-hydrogen) atoms. The number of amides is 1. The minimum Gasteiger partial charge on any atom is -0.366 e. The molecule has 0 spiro atoms. The van der Waals surface area contributed by atoms with Crippen LogP contribution in [0.2, 0.25) is 0 Å². The fourth-order valence-electron chi connectivity index (χ4n) is 3.94. The molecule has 0 aliphatic carbocycles. The zero-order chi connectivity index (χ0) is 24.3. The molecule has 1 aromatic heterocycles. The van der Waals surface area contributed by atoms with Gasteiger partial charge in [-0.3, -0.25) is 14.9 Å². The Hall–Kier alpha value is -3.96. The van der Waals surface area contributed by atoms with Crippen molar-refractivity contribution in [2.24, 2.45) is 5.92 Å². The van der Waals surface area contributed by atoms with Crippen LogP contribution in [0, 0.1) is 16.0 Å². The van der Waals surface area contributed by atoms with Gasteiger partial charge in [-0.05, 0) is 42.7 Å². The largest absolute Gasteiger partial charge is 0.416 e. The van der Waals surface area contributed by atoms with Gasteiger partial charge >= 0.3 is 6.18 Å². The lowest BCUT2D eigenvalue weighted by molar-refractivity contribution is -0.384. The second-order valence-electron chi connectivity index (χ2n) is 7.94. The number of hydrogen-bond acceptors (Lipinski definition) is 6. The molecule has 0 atom stereocenters. The minimum absolute atomic E-state index is 0.123. The van der Waals surface area contributed by atoms with Gasteiger partial charge in [0, 0.05) is 31.6 Å². The van der Waals surface area contributed by atoms with E-state index in [-0.39, 0.29) is 17.5 Å². The molecule has 178 valence electrons. The molecule has 0 bridgehead atoms. The van der Waals surface area contributed by atoms with E-state index in [1.54, 1.807) is 15.9 Å². The third-order valence-electron chi connectivity index (χ3n) is 5.79. The van der Waals surface area contributed by atoms with Crippen molar-refractivity contribution in [3.63, 3.8) is 0 Å². The molecule has 2 heterocycles. The fourth-order valence-corrected chi connectivity index (χ4v) is 3.94. The number of halogens is 3. The van der Waals surface area contributed by atoms with Crippen molar-refractivity contribution >= 4 is 17.3 Å². The molecule has 1 aliphatic heterocycles. The van der Waals surface area contributed by atoms with Crippen molar-refractivity contribution in [2.75, 3.05) is 18.0 Å². The predicted molar refractivity (Wildman–Crippen MR) is 116 cm³/mol. The Bertz CT molecular complexity index is 1160. The van der Waals surface area contributed by atoms with E-state index in [1.165, 1.54) is 6.33 Å². The Morgan fingerprint density at radius 2 is 1.85 bits per heavy atom. The maximum absolute atomic E-state index is 12.9. The van der Waals surface area contributed by atoms with Crippen LogP contribution in [-0.4, -0.2) is 38.7 Å². The van der Waals surface area contributed by atoms with Gasteiger partial charge in [0.1, 0.15) is 18.3 Å². The molecule has 1 aliphatic rings. The lowest BCUT2D eigenvalue weighted by Crippen LogP contribution is -2.40. The summed E-state index contributed by atoms with van der Waals surface area (Å²) >= 11 is 0. The number of anilines is 1. The zero-order valence-electron chi connectivity index (χ0n) is 17.9. The van der Waals surface area contributed by atoms with Crippen LogP contribution in [0.4, 0.5) is 24.5 Å². The number of carbonyl (C=O) groups is 1. The minimum atomic E-state index is -4.66. The third-order valence-corrected chi connectivity index (χ3v) is 5.79. The van der Waals surface area contributed by atoms with Gasteiger partial charge in [0.25, 0.3) is 5.69 Å². The quantitative estimate of drug-likeness (QED) is 0.431. The molecule has 1 amide bonds. The molecule has 0 saturated carbocycles. The number of hydrogen-bond donors (Lipinski definition) is 1. The second-order valence-corrected chi connectivity index (χ2v) is 7.94. The summed E-state index contributed by atoms with van der Waals surface area (Å²) in [4.78, 5) is 28.7. The Labute approximate surface area is 192 Å². The highest BCUT2D eigenvalue weighted by molar-refractivity contribution is 5.79. The van der Waals surface area contributed by atoms with E-state index in [0.717, 1.165) is 23.4 Å². The maximum atomic E-state index is 12.9. The molecule has 4 rings (SSSR count). The predicted octanol–water partition coefficient (Wildman–Crippen LogP) is 3.73. The van der Waals surface area contributed by atoms with Crippen molar-refractivity contribution in [2.45, 2.75) is 25.6 Å². The van der Waals surface area contributed by atoms with Gasteiger partial charge < -0.3 is 10.2 Å². The molecule has 12 heteroatoms. The molecule has 1 fully saturated rings. The number of rotatable bonds is 6. The van der Waals surface area contributed by atoms with Crippen LogP contribution < -0.4 is 10.2 Å². The molecule has 1 saturated heterocycles. The molecule has 2 aromatic carbocycles. The van der Waals surface area contributed by atoms with Crippen LogP contribution in [-0.2, 0) is 17.5 Å². The van der Waals surface area contributed by atoms with E-state index in [9.17, 15) is 28.1 Å². The highest BCUT2D eigenvalue weighted by Crippen LogP contribution is 2.37. The number of nitrogens with zero attached hydrogens (tertiary/aromatic N) is 5. The number of nitro groups is 1. The molecule has 1 N–H and O–H groups in total. The topological polar surface area (TPSA) is 106 Å². The molecular weight excluding hydrogens is 453 g/mol. The first-order valence-electron chi connectivity index (χ1n) is 10.5. The lowest BCUT2D eigenvalue weighted by atomic mass is 9.95. The molecule has 0 unspecified atom stereocenters.